The molecule has 29 heteroatoms. The lowest BCUT2D eigenvalue weighted by molar-refractivity contribution is -0.141. The molecule has 1 aromatic heterocycles. The number of amides is 6. The van der Waals surface area contributed by atoms with E-state index in [1.165, 1.54) is 0 Å². The van der Waals surface area contributed by atoms with E-state index in [2.05, 4.69) is 58.1 Å². The number of carbonyl (C=O) groups is 11. The summed E-state index contributed by atoms with van der Waals surface area (Å²) in [6, 6.07) is 6.21. The van der Waals surface area contributed by atoms with Crippen LogP contribution in [-0.2, 0) is 56.2 Å². The summed E-state index contributed by atoms with van der Waals surface area (Å²) in [6.07, 6.45) is 5.76. The van der Waals surface area contributed by atoms with E-state index >= 15 is 0 Å². The van der Waals surface area contributed by atoms with Crippen molar-refractivity contribution in [3.8, 4) is 0 Å². The molecule has 0 spiro atoms. The highest BCUT2D eigenvalue weighted by Gasteiger charge is 2.26. The van der Waals surface area contributed by atoms with Gasteiger partial charge in [-0.05, 0) is 96.6 Å². The number of aromatic nitrogens is 1. The van der Waals surface area contributed by atoms with E-state index in [0.29, 0.717) is 74.9 Å². The van der Waals surface area contributed by atoms with Gasteiger partial charge in [0.1, 0.15) is 16.7 Å². The minimum absolute atomic E-state index is 0.00233. The van der Waals surface area contributed by atoms with Gasteiger partial charge in [-0.25, -0.2) is 19.4 Å². The Morgan fingerprint density at radius 3 is 1.58 bits per heavy atom. The molecular formula is C52H78BrN11O17. The van der Waals surface area contributed by atoms with Gasteiger partial charge < -0.3 is 72.8 Å². The third-order valence-electron chi connectivity index (χ3n) is 12.2. The van der Waals surface area contributed by atoms with Gasteiger partial charge in [-0.2, -0.15) is 0 Å². The largest absolute Gasteiger partial charge is 0.481 e. The van der Waals surface area contributed by atoms with Gasteiger partial charge in [0, 0.05) is 103 Å². The van der Waals surface area contributed by atoms with Gasteiger partial charge >= 0.3 is 41.8 Å². The number of hydrogen-bond donors (Lipinski definition) is 13. The second-order valence-electron chi connectivity index (χ2n) is 18.9. The molecule has 28 nitrogen and oxygen atoms in total. The number of benzene rings is 1. The molecule has 0 saturated carbocycles. The van der Waals surface area contributed by atoms with Crippen LogP contribution < -0.4 is 37.2 Å². The van der Waals surface area contributed by atoms with Crippen LogP contribution in [-0.4, -0.2) is 213 Å². The van der Waals surface area contributed by atoms with Crippen LogP contribution in [0, 0.1) is 0 Å². The van der Waals surface area contributed by atoms with Gasteiger partial charge in [0.25, 0.3) is 5.91 Å². The quantitative estimate of drug-likeness (QED) is 0.0321. The number of nitrogens with one attached hydrogen (secondary N) is 7. The highest BCUT2D eigenvalue weighted by Crippen LogP contribution is 2.16. The summed E-state index contributed by atoms with van der Waals surface area (Å²) in [4.78, 5) is 141. The first-order valence-electron chi connectivity index (χ1n) is 26.7. The number of rotatable bonds is 46. The second kappa shape index (κ2) is 40.8. The van der Waals surface area contributed by atoms with E-state index < -0.39 is 66.8 Å². The van der Waals surface area contributed by atoms with E-state index in [-0.39, 0.29) is 115 Å². The Bertz CT molecular complexity index is 2330. The van der Waals surface area contributed by atoms with Gasteiger partial charge in [0.05, 0.1) is 26.2 Å². The molecule has 0 aliphatic heterocycles. The Hall–Kier alpha value is -7.34. The number of carboxylic acids is 6. The molecule has 450 valence electrons. The molecule has 0 unspecified atom stereocenters. The molecule has 0 aliphatic rings. The number of halogens is 1. The Morgan fingerprint density at radius 2 is 1.02 bits per heavy atom. The highest BCUT2D eigenvalue weighted by molar-refractivity contribution is 9.10. The number of carboxylic acid groups (broad SMARTS) is 6. The fourth-order valence-corrected chi connectivity index (χ4v) is 8.09. The number of aliphatic carboxylic acids is 6. The summed E-state index contributed by atoms with van der Waals surface area (Å²) in [6.45, 7) is 2.27. The monoisotopic (exact) mass is 1210 g/mol. The SMILES string of the molecule is O=C(O)CC[C@@H](NC(=O)N[C@H](CCCCN(Cc1ccc(Br)nc1)C(=O)c1ccc(CNC(=O)CCCCNC(=O)CCCCCCNC(=O)CN(CCNCC(=O)O)CCN(CCNCC(=O)O)CC(=O)O)cc1)C(=O)O)C(=O)O. The van der Waals surface area contributed by atoms with Crippen molar-refractivity contribution in [3.63, 3.8) is 0 Å². The number of urea groups is 1. The summed E-state index contributed by atoms with van der Waals surface area (Å²) in [7, 11) is 0. The molecule has 6 amide bonds. The maximum Gasteiger partial charge on any atom is 0.326 e. The molecule has 2 atom stereocenters. The minimum Gasteiger partial charge on any atom is -0.481 e. The van der Waals surface area contributed by atoms with Crippen LogP contribution >= 0.6 is 15.9 Å². The maximum atomic E-state index is 13.8. The Morgan fingerprint density at radius 1 is 0.494 bits per heavy atom. The molecule has 1 aromatic carbocycles. The van der Waals surface area contributed by atoms with Crippen LogP contribution in [0.2, 0.25) is 0 Å². The third-order valence-corrected chi connectivity index (χ3v) is 12.7. The topological polar surface area (TPSA) is 416 Å². The zero-order valence-electron chi connectivity index (χ0n) is 45.3. The van der Waals surface area contributed by atoms with Crippen molar-refractivity contribution in [1.29, 1.82) is 0 Å². The van der Waals surface area contributed by atoms with Crippen LogP contribution in [0.5, 0.6) is 0 Å². The first-order valence-corrected chi connectivity index (χ1v) is 27.5. The molecule has 2 rings (SSSR count). The Labute approximate surface area is 477 Å². The van der Waals surface area contributed by atoms with Gasteiger partial charge in [0.2, 0.25) is 17.7 Å². The molecule has 2 aromatic rings. The fourth-order valence-electron chi connectivity index (χ4n) is 7.86. The van der Waals surface area contributed by atoms with Crippen molar-refractivity contribution < 1.29 is 83.4 Å². The molecule has 13 N–H and O–H groups in total. The summed E-state index contributed by atoms with van der Waals surface area (Å²) in [5.41, 5.74) is 1.84. The zero-order valence-corrected chi connectivity index (χ0v) is 46.9. The molecular weight excluding hydrogens is 1130 g/mol. The van der Waals surface area contributed by atoms with Crippen LogP contribution in [0.3, 0.4) is 0 Å². The van der Waals surface area contributed by atoms with Crippen LogP contribution in [0.4, 0.5) is 4.79 Å². The van der Waals surface area contributed by atoms with Crippen LogP contribution in [0.1, 0.15) is 105 Å². The lowest BCUT2D eigenvalue weighted by Gasteiger charge is -2.26. The second-order valence-corrected chi connectivity index (χ2v) is 19.7. The maximum absolute atomic E-state index is 13.8. The molecule has 0 aliphatic carbocycles. The molecule has 0 radical (unpaired) electrons. The van der Waals surface area contributed by atoms with Crippen molar-refractivity contribution in [1.82, 2.24) is 56.9 Å². The third kappa shape index (κ3) is 34.4. The Balaban J connectivity index is 1.72. The average Bonchev–Trinajstić information content (AvgIpc) is 3.41. The van der Waals surface area contributed by atoms with E-state index in [9.17, 15) is 68.1 Å². The van der Waals surface area contributed by atoms with Crippen molar-refractivity contribution in [3.05, 3.63) is 63.9 Å². The van der Waals surface area contributed by atoms with Crippen molar-refractivity contribution >= 4 is 81.4 Å². The first kappa shape index (κ1) is 69.8. The molecule has 81 heavy (non-hydrogen) atoms. The van der Waals surface area contributed by atoms with E-state index in [4.69, 9.17) is 15.3 Å². The molecule has 0 saturated heterocycles. The lowest BCUT2D eigenvalue weighted by Crippen LogP contribution is -2.51. The van der Waals surface area contributed by atoms with E-state index in [1.807, 2.05) is 0 Å². The van der Waals surface area contributed by atoms with Gasteiger partial charge in [-0.1, -0.05) is 31.0 Å². The van der Waals surface area contributed by atoms with E-state index in [1.54, 1.807) is 57.3 Å². The normalized spacial score (nSPS) is 11.7. The average molecular weight is 1210 g/mol. The van der Waals surface area contributed by atoms with Gasteiger partial charge in [0.15, 0.2) is 0 Å². The van der Waals surface area contributed by atoms with Crippen molar-refractivity contribution in [2.75, 3.05) is 85.1 Å². The molecule has 0 fully saturated rings. The zero-order chi connectivity index (χ0) is 60.0. The molecule has 1 heterocycles. The number of carbonyl (C=O) groups excluding carboxylic acids is 5. The number of hydrogen-bond acceptors (Lipinski definition) is 16. The minimum atomic E-state index is -1.54. The smallest absolute Gasteiger partial charge is 0.326 e. The Kier molecular flexibility index (Phi) is 35.1. The lowest BCUT2D eigenvalue weighted by atomic mass is 10.1. The standard InChI is InChI=1S/C52H78BrN11O17/c53-41-18-14-37(30-58-41)33-64(24-8-5-9-39(50(77)78)60-52(81)61-40(51(79)80)17-19-45(68)69)49(76)38-15-12-36(13-16-38)29-59-43(66)11-4-7-21-56-42(65)10-3-1-2-6-20-57-44(67)34-62(25-22-54-31-46(70)71)27-28-63(35-48(74)75)26-23-55-32-47(72)73/h12-16,18,30,39-40,54-55H,1-11,17,19-29,31-35H2,(H,56,65)(H,57,67)(H,59,66)(H,68,69)(H,70,71)(H,72,73)(H,74,75)(H,77,78)(H,79,80)(H2,60,61,81)/t39-,40-/m1/s1. The summed E-state index contributed by atoms with van der Waals surface area (Å²) in [5, 5.41) is 73.4. The number of unbranched alkanes of at least 4 members (excludes halogenated alkanes) is 5. The summed E-state index contributed by atoms with van der Waals surface area (Å²) >= 11 is 3.30. The predicted octanol–water partition coefficient (Wildman–Crippen LogP) is 0.734. The summed E-state index contributed by atoms with van der Waals surface area (Å²) in [5.74, 6) is -8.10. The van der Waals surface area contributed by atoms with Crippen LogP contribution in [0.25, 0.3) is 0 Å². The van der Waals surface area contributed by atoms with Crippen molar-refractivity contribution in [2.45, 2.75) is 109 Å². The van der Waals surface area contributed by atoms with Gasteiger partial charge in [-0.3, -0.25) is 48.2 Å². The highest BCUT2D eigenvalue weighted by atomic mass is 79.9. The fraction of sp³-hybridized carbons (Fsp3) is 0.577. The van der Waals surface area contributed by atoms with Gasteiger partial charge in [-0.15, -0.1) is 0 Å². The first-order chi connectivity index (χ1) is 38.6. The number of nitrogens with zero attached hydrogens (tertiary/aromatic N) is 4. The van der Waals surface area contributed by atoms with Crippen LogP contribution in [0.15, 0.2) is 47.2 Å². The number of pyridine rings is 1. The predicted molar refractivity (Wildman–Crippen MR) is 295 cm³/mol. The van der Waals surface area contributed by atoms with E-state index in [0.717, 1.165) is 24.0 Å². The summed E-state index contributed by atoms with van der Waals surface area (Å²) < 4.78 is 0.598. The van der Waals surface area contributed by atoms with Crippen molar-refractivity contribution in [2.24, 2.45) is 0 Å². The molecule has 0 bridgehead atoms.